The summed E-state index contributed by atoms with van der Waals surface area (Å²) in [5.41, 5.74) is 2.30. The zero-order chi connectivity index (χ0) is 15.6. The SMILES string of the molecule is Cc1cc(S(N)(=O)=O)cc(NC(=O)c2cccnc2)c1C. The lowest BCUT2D eigenvalue weighted by Gasteiger charge is -2.12. The molecule has 0 aliphatic carbocycles. The maximum atomic E-state index is 12.1. The zero-order valence-corrected chi connectivity index (χ0v) is 12.4. The van der Waals surface area contributed by atoms with Gasteiger partial charge in [-0.1, -0.05) is 0 Å². The smallest absolute Gasteiger partial charge is 0.257 e. The molecule has 0 saturated heterocycles. The highest BCUT2D eigenvalue weighted by Crippen LogP contribution is 2.24. The van der Waals surface area contributed by atoms with Crippen molar-refractivity contribution in [3.8, 4) is 0 Å². The highest BCUT2D eigenvalue weighted by molar-refractivity contribution is 7.89. The Morgan fingerprint density at radius 2 is 2.00 bits per heavy atom. The van der Waals surface area contributed by atoms with E-state index in [-0.39, 0.29) is 10.8 Å². The molecule has 2 aromatic rings. The molecule has 0 saturated carbocycles. The topological polar surface area (TPSA) is 102 Å². The number of benzene rings is 1. The van der Waals surface area contributed by atoms with Gasteiger partial charge in [0.15, 0.2) is 0 Å². The summed E-state index contributed by atoms with van der Waals surface area (Å²) in [5.74, 6) is -0.364. The van der Waals surface area contributed by atoms with Crippen molar-refractivity contribution in [3.05, 3.63) is 53.3 Å². The molecule has 0 aliphatic rings. The van der Waals surface area contributed by atoms with Gasteiger partial charge in [-0.15, -0.1) is 0 Å². The van der Waals surface area contributed by atoms with Crippen LogP contribution in [0.25, 0.3) is 0 Å². The molecule has 0 aliphatic heterocycles. The Bertz CT molecular complexity index is 787. The highest BCUT2D eigenvalue weighted by Gasteiger charge is 2.14. The van der Waals surface area contributed by atoms with E-state index in [1.807, 2.05) is 0 Å². The molecule has 7 heteroatoms. The standard InChI is InChI=1S/C14H15N3O3S/c1-9-6-12(21(15,19)20)7-13(10(9)2)17-14(18)11-4-3-5-16-8-11/h3-8H,1-2H3,(H,17,18)(H2,15,19,20). The number of hydrogen-bond acceptors (Lipinski definition) is 4. The molecule has 2 rings (SSSR count). The van der Waals surface area contributed by atoms with Crippen molar-refractivity contribution in [1.29, 1.82) is 0 Å². The summed E-state index contributed by atoms with van der Waals surface area (Å²) in [7, 11) is -3.83. The van der Waals surface area contributed by atoms with Gasteiger partial charge >= 0.3 is 0 Å². The van der Waals surface area contributed by atoms with Crippen LogP contribution >= 0.6 is 0 Å². The number of hydrogen-bond donors (Lipinski definition) is 2. The monoisotopic (exact) mass is 305 g/mol. The first-order valence-electron chi connectivity index (χ1n) is 6.14. The minimum atomic E-state index is -3.83. The van der Waals surface area contributed by atoms with Crippen molar-refractivity contribution in [2.45, 2.75) is 18.7 Å². The third kappa shape index (κ3) is 3.45. The summed E-state index contributed by atoms with van der Waals surface area (Å²) in [6.07, 6.45) is 2.99. The van der Waals surface area contributed by atoms with Crippen molar-refractivity contribution in [2.75, 3.05) is 5.32 Å². The fraction of sp³-hybridized carbons (Fsp3) is 0.143. The molecule has 3 N–H and O–H groups in total. The predicted molar refractivity (Wildman–Crippen MR) is 79.5 cm³/mol. The molecule has 0 spiro atoms. The van der Waals surface area contributed by atoms with Gasteiger partial charge in [0, 0.05) is 18.1 Å². The average molecular weight is 305 g/mol. The van der Waals surface area contributed by atoms with Gasteiger partial charge in [-0.05, 0) is 49.2 Å². The first kappa shape index (κ1) is 15.1. The maximum absolute atomic E-state index is 12.1. The maximum Gasteiger partial charge on any atom is 0.257 e. The number of nitrogens with zero attached hydrogens (tertiary/aromatic N) is 1. The summed E-state index contributed by atoms with van der Waals surface area (Å²) in [5, 5.41) is 7.82. The molecule has 6 nitrogen and oxygen atoms in total. The first-order valence-corrected chi connectivity index (χ1v) is 7.69. The van der Waals surface area contributed by atoms with Crippen LogP contribution in [0.3, 0.4) is 0 Å². The highest BCUT2D eigenvalue weighted by atomic mass is 32.2. The van der Waals surface area contributed by atoms with E-state index in [2.05, 4.69) is 10.3 Å². The second kappa shape index (κ2) is 5.63. The van der Waals surface area contributed by atoms with Crippen molar-refractivity contribution in [1.82, 2.24) is 4.98 Å². The number of pyridine rings is 1. The second-order valence-corrected chi connectivity index (χ2v) is 6.21. The lowest BCUT2D eigenvalue weighted by Crippen LogP contribution is -2.16. The number of aryl methyl sites for hydroxylation is 1. The predicted octanol–water partition coefficient (Wildman–Crippen LogP) is 1.60. The van der Waals surface area contributed by atoms with Gasteiger partial charge in [0.1, 0.15) is 0 Å². The van der Waals surface area contributed by atoms with Crippen LogP contribution < -0.4 is 10.5 Å². The number of sulfonamides is 1. The normalized spacial score (nSPS) is 11.2. The molecule has 1 heterocycles. The lowest BCUT2D eigenvalue weighted by atomic mass is 10.1. The molecule has 0 atom stereocenters. The van der Waals surface area contributed by atoms with Gasteiger partial charge in [-0.3, -0.25) is 9.78 Å². The van der Waals surface area contributed by atoms with Crippen LogP contribution in [0.5, 0.6) is 0 Å². The Labute approximate surface area is 123 Å². The fourth-order valence-electron chi connectivity index (χ4n) is 1.81. The van der Waals surface area contributed by atoms with E-state index in [0.717, 1.165) is 11.1 Å². The average Bonchev–Trinajstić information content (AvgIpc) is 2.43. The van der Waals surface area contributed by atoms with E-state index in [0.29, 0.717) is 11.3 Å². The van der Waals surface area contributed by atoms with Gasteiger partial charge < -0.3 is 5.32 Å². The molecule has 0 radical (unpaired) electrons. The number of amides is 1. The Morgan fingerprint density at radius 3 is 2.57 bits per heavy atom. The van der Waals surface area contributed by atoms with E-state index < -0.39 is 10.0 Å². The fourth-order valence-corrected chi connectivity index (χ4v) is 2.44. The van der Waals surface area contributed by atoms with Crippen LogP contribution in [-0.2, 0) is 10.0 Å². The number of carbonyl (C=O) groups is 1. The van der Waals surface area contributed by atoms with Crippen molar-refractivity contribution in [2.24, 2.45) is 5.14 Å². The molecule has 0 bridgehead atoms. The van der Waals surface area contributed by atoms with E-state index in [1.54, 1.807) is 32.2 Å². The van der Waals surface area contributed by atoms with E-state index in [9.17, 15) is 13.2 Å². The van der Waals surface area contributed by atoms with Crippen LogP contribution in [-0.4, -0.2) is 19.3 Å². The molecule has 21 heavy (non-hydrogen) atoms. The van der Waals surface area contributed by atoms with E-state index in [1.165, 1.54) is 18.3 Å². The minimum Gasteiger partial charge on any atom is -0.322 e. The number of aromatic nitrogens is 1. The third-order valence-electron chi connectivity index (χ3n) is 3.14. The molecular formula is C14H15N3O3S. The van der Waals surface area contributed by atoms with Gasteiger partial charge in [0.05, 0.1) is 10.5 Å². The Balaban J connectivity index is 2.41. The van der Waals surface area contributed by atoms with E-state index >= 15 is 0 Å². The Hall–Kier alpha value is -2.25. The quantitative estimate of drug-likeness (QED) is 0.899. The number of rotatable bonds is 3. The van der Waals surface area contributed by atoms with Crippen LogP contribution in [0.4, 0.5) is 5.69 Å². The van der Waals surface area contributed by atoms with Gasteiger partial charge in [-0.2, -0.15) is 0 Å². The third-order valence-corrected chi connectivity index (χ3v) is 4.03. The minimum absolute atomic E-state index is 0.0351. The summed E-state index contributed by atoms with van der Waals surface area (Å²) < 4.78 is 22.9. The van der Waals surface area contributed by atoms with Gasteiger partial charge in [0.25, 0.3) is 5.91 Å². The van der Waals surface area contributed by atoms with Crippen molar-refractivity contribution < 1.29 is 13.2 Å². The summed E-state index contributed by atoms with van der Waals surface area (Å²) in [6, 6.07) is 6.10. The number of primary sulfonamides is 1. The van der Waals surface area contributed by atoms with Gasteiger partial charge in [-0.25, -0.2) is 13.6 Å². The van der Waals surface area contributed by atoms with Crippen LogP contribution in [0, 0.1) is 13.8 Å². The molecular weight excluding hydrogens is 290 g/mol. The Morgan fingerprint density at radius 1 is 1.29 bits per heavy atom. The van der Waals surface area contributed by atoms with Crippen LogP contribution in [0.15, 0.2) is 41.6 Å². The number of anilines is 1. The second-order valence-electron chi connectivity index (χ2n) is 4.65. The number of nitrogens with two attached hydrogens (primary N) is 1. The van der Waals surface area contributed by atoms with Crippen molar-refractivity contribution >= 4 is 21.6 Å². The first-order chi connectivity index (χ1) is 9.79. The summed E-state index contributed by atoms with van der Waals surface area (Å²) >= 11 is 0. The van der Waals surface area contributed by atoms with Crippen molar-refractivity contribution in [3.63, 3.8) is 0 Å². The largest absolute Gasteiger partial charge is 0.322 e. The number of carbonyl (C=O) groups excluding carboxylic acids is 1. The van der Waals surface area contributed by atoms with Crippen LogP contribution in [0.2, 0.25) is 0 Å². The molecule has 110 valence electrons. The van der Waals surface area contributed by atoms with E-state index in [4.69, 9.17) is 5.14 Å². The Kier molecular flexibility index (Phi) is 4.06. The molecule has 1 aromatic heterocycles. The number of nitrogens with one attached hydrogen (secondary N) is 1. The summed E-state index contributed by atoms with van der Waals surface area (Å²) in [6.45, 7) is 3.55. The molecule has 0 unspecified atom stereocenters. The molecule has 1 amide bonds. The lowest BCUT2D eigenvalue weighted by molar-refractivity contribution is 0.102. The molecule has 1 aromatic carbocycles. The molecule has 0 fully saturated rings. The van der Waals surface area contributed by atoms with Gasteiger partial charge in [0.2, 0.25) is 10.0 Å². The van der Waals surface area contributed by atoms with Crippen LogP contribution in [0.1, 0.15) is 21.5 Å². The zero-order valence-electron chi connectivity index (χ0n) is 11.6. The summed E-state index contributed by atoms with van der Waals surface area (Å²) in [4.78, 5) is 15.9.